The number of benzene rings is 2. The van der Waals surface area contributed by atoms with Crippen LogP contribution in [0, 0.1) is 11.3 Å². The number of amides is 3. The second-order valence-corrected chi connectivity index (χ2v) is 6.05. The summed E-state index contributed by atoms with van der Waals surface area (Å²) in [5.74, 6) is -0.860. The third kappa shape index (κ3) is 4.42. The van der Waals surface area contributed by atoms with E-state index in [1.165, 1.54) is 13.2 Å². The Bertz CT molecular complexity index is 1040. The molecule has 8 heteroatoms. The molecule has 1 heterocycles. The molecule has 0 radical (unpaired) electrons. The molecule has 0 saturated carbocycles. The third-order valence-electron chi connectivity index (χ3n) is 4.22. The van der Waals surface area contributed by atoms with Crippen LogP contribution in [0.3, 0.4) is 0 Å². The molecule has 146 valence electrons. The molecule has 1 fully saturated rings. The monoisotopic (exact) mass is 391 g/mol. The number of hydrogen-bond donors (Lipinski definition) is 1. The summed E-state index contributed by atoms with van der Waals surface area (Å²) in [6, 6.07) is 15.5. The summed E-state index contributed by atoms with van der Waals surface area (Å²) in [5, 5.41) is 11.6. The summed E-state index contributed by atoms with van der Waals surface area (Å²) >= 11 is 0. The number of rotatable bonds is 6. The molecule has 0 bridgehead atoms. The maximum atomic E-state index is 12.4. The van der Waals surface area contributed by atoms with Gasteiger partial charge in [0.25, 0.3) is 5.91 Å². The fourth-order valence-electron chi connectivity index (χ4n) is 2.71. The third-order valence-corrected chi connectivity index (χ3v) is 4.22. The van der Waals surface area contributed by atoms with E-state index < -0.39 is 24.5 Å². The van der Waals surface area contributed by atoms with Gasteiger partial charge in [-0.15, -0.1) is 0 Å². The Morgan fingerprint density at radius 3 is 2.66 bits per heavy atom. The number of para-hydroxylation sites is 1. The van der Waals surface area contributed by atoms with Crippen molar-refractivity contribution in [1.29, 1.82) is 5.26 Å². The fourth-order valence-corrected chi connectivity index (χ4v) is 2.71. The van der Waals surface area contributed by atoms with Crippen LogP contribution in [0.15, 0.2) is 54.2 Å². The number of hydrogen-bond acceptors (Lipinski definition) is 6. The normalized spacial score (nSPS) is 14.5. The summed E-state index contributed by atoms with van der Waals surface area (Å²) in [5.41, 5.74) is 1.82. The smallest absolute Gasteiger partial charge is 0.329 e. The molecule has 8 nitrogen and oxygen atoms in total. The van der Waals surface area contributed by atoms with E-state index in [0.29, 0.717) is 16.9 Å². The molecular formula is C21H17N3O5. The van der Waals surface area contributed by atoms with Crippen LogP contribution in [0.25, 0.3) is 6.08 Å². The maximum absolute atomic E-state index is 12.4. The Kier molecular flexibility index (Phi) is 5.90. The Labute approximate surface area is 166 Å². The average molecular weight is 391 g/mol. The highest BCUT2D eigenvalue weighted by molar-refractivity contribution is 6.15. The zero-order valence-electron chi connectivity index (χ0n) is 15.5. The Balaban J connectivity index is 1.80. The van der Waals surface area contributed by atoms with Crippen molar-refractivity contribution >= 4 is 24.0 Å². The van der Waals surface area contributed by atoms with Gasteiger partial charge in [-0.25, -0.2) is 9.69 Å². The van der Waals surface area contributed by atoms with Crippen LogP contribution in [0.2, 0.25) is 0 Å². The predicted octanol–water partition coefficient (Wildman–Crippen LogP) is 2.20. The van der Waals surface area contributed by atoms with Crippen molar-refractivity contribution in [3.8, 4) is 11.8 Å². The van der Waals surface area contributed by atoms with Gasteiger partial charge in [-0.2, -0.15) is 5.26 Å². The second-order valence-electron chi connectivity index (χ2n) is 6.05. The molecule has 29 heavy (non-hydrogen) atoms. The van der Waals surface area contributed by atoms with Crippen LogP contribution >= 0.6 is 0 Å². The highest BCUT2D eigenvalue weighted by Gasteiger charge is 2.35. The molecule has 3 amide bonds. The van der Waals surface area contributed by atoms with Gasteiger partial charge in [-0.3, -0.25) is 9.59 Å². The van der Waals surface area contributed by atoms with Gasteiger partial charge in [0.15, 0.2) is 0 Å². The molecule has 2 aromatic carbocycles. The van der Waals surface area contributed by atoms with E-state index in [2.05, 4.69) is 16.1 Å². The van der Waals surface area contributed by atoms with Gasteiger partial charge in [0.2, 0.25) is 0 Å². The molecule has 0 spiro atoms. The highest BCUT2D eigenvalue weighted by atomic mass is 16.5. The van der Waals surface area contributed by atoms with Crippen molar-refractivity contribution in [3.63, 3.8) is 0 Å². The van der Waals surface area contributed by atoms with Crippen LogP contribution in [0.1, 0.15) is 16.7 Å². The van der Waals surface area contributed by atoms with Crippen molar-refractivity contribution in [3.05, 3.63) is 70.9 Å². The largest absolute Gasteiger partial charge is 0.488 e. The summed E-state index contributed by atoms with van der Waals surface area (Å²) in [7, 11) is 1.18. The Hall–Kier alpha value is -4.12. The first-order valence-electron chi connectivity index (χ1n) is 8.64. The van der Waals surface area contributed by atoms with Crippen LogP contribution in [-0.2, 0) is 20.9 Å². The van der Waals surface area contributed by atoms with E-state index in [9.17, 15) is 19.6 Å². The second kappa shape index (κ2) is 8.71. The van der Waals surface area contributed by atoms with Gasteiger partial charge >= 0.3 is 12.0 Å². The molecule has 0 unspecified atom stereocenters. The summed E-state index contributed by atoms with van der Waals surface area (Å²) in [6.07, 6.45) is 1.48. The predicted molar refractivity (Wildman–Crippen MR) is 102 cm³/mol. The highest BCUT2D eigenvalue weighted by Crippen LogP contribution is 2.24. The van der Waals surface area contributed by atoms with Gasteiger partial charge < -0.3 is 14.8 Å². The number of methoxy groups -OCH3 is 1. The van der Waals surface area contributed by atoms with E-state index in [1.807, 2.05) is 6.07 Å². The standard InChI is InChI=1S/C21H17N3O5/c1-28-19(25)12-24-20(26)17(23-21(24)27)10-14-6-4-5-9-18(14)29-13-16-8-3-2-7-15(16)11-22/h2-10H,12-13H2,1H3,(H,23,27)/b17-10+. The van der Waals surface area contributed by atoms with Gasteiger partial charge in [-0.05, 0) is 18.2 Å². The van der Waals surface area contributed by atoms with Crippen molar-refractivity contribution in [1.82, 2.24) is 10.2 Å². The molecule has 0 atom stereocenters. The van der Waals surface area contributed by atoms with E-state index in [1.54, 1.807) is 42.5 Å². The number of nitrogens with zero attached hydrogens (tertiary/aromatic N) is 2. The molecule has 0 aromatic heterocycles. The summed E-state index contributed by atoms with van der Waals surface area (Å²) in [6.45, 7) is -0.305. The minimum Gasteiger partial charge on any atom is -0.488 e. The van der Waals surface area contributed by atoms with Crippen LogP contribution in [-0.4, -0.2) is 36.5 Å². The van der Waals surface area contributed by atoms with E-state index in [-0.39, 0.29) is 12.3 Å². The number of nitrogens with one attached hydrogen (secondary N) is 1. The molecule has 0 aliphatic carbocycles. The lowest BCUT2D eigenvalue weighted by molar-refractivity contribution is -0.143. The SMILES string of the molecule is COC(=O)CN1C(=O)N/C(=C/c2ccccc2OCc2ccccc2C#N)C1=O. The minimum atomic E-state index is -0.701. The molecule has 1 aliphatic rings. The number of urea groups is 1. The molecule has 3 rings (SSSR count). The first-order valence-corrected chi connectivity index (χ1v) is 8.64. The summed E-state index contributed by atoms with van der Waals surface area (Å²) < 4.78 is 10.3. The molecule has 1 aliphatic heterocycles. The van der Waals surface area contributed by atoms with Crippen molar-refractivity contribution in [2.75, 3.05) is 13.7 Å². The van der Waals surface area contributed by atoms with Gasteiger partial charge in [0.1, 0.15) is 24.6 Å². The topological polar surface area (TPSA) is 109 Å². The summed E-state index contributed by atoms with van der Waals surface area (Å²) in [4.78, 5) is 36.6. The average Bonchev–Trinajstić information content (AvgIpc) is 3.00. The lowest BCUT2D eigenvalue weighted by Gasteiger charge is -2.11. The van der Waals surface area contributed by atoms with Crippen LogP contribution in [0.4, 0.5) is 4.79 Å². The number of carbonyl (C=O) groups excluding carboxylic acids is 3. The van der Waals surface area contributed by atoms with E-state index in [4.69, 9.17) is 4.74 Å². The van der Waals surface area contributed by atoms with E-state index in [0.717, 1.165) is 10.5 Å². The molecule has 2 aromatic rings. The first-order chi connectivity index (χ1) is 14.0. The maximum Gasteiger partial charge on any atom is 0.329 e. The van der Waals surface area contributed by atoms with Gasteiger partial charge in [0, 0.05) is 11.1 Å². The van der Waals surface area contributed by atoms with Crippen molar-refractivity contribution in [2.45, 2.75) is 6.61 Å². The number of nitriles is 1. The number of carbonyl (C=O) groups is 3. The van der Waals surface area contributed by atoms with Gasteiger partial charge in [0.05, 0.1) is 18.7 Å². The zero-order valence-corrected chi connectivity index (χ0v) is 15.5. The van der Waals surface area contributed by atoms with Crippen molar-refractivity contribution in [2.24, 2.45) is 0 Å². The lowest BCUT2D eigenvalue weighted by atomic mass is 10.1. The number of imide groups is 1. The minimum absolute atomic E-state index is 0.0207. The number of esters is 1. The molecular weight excluding hydrogens is 374 g/mol. The zero-order chi connectivity index (χ0) is 20.8. The molecule has 1 saturated heterocycles. The Morgan fingerprint density at radius 2 is 1.90 bits per heavy atom. The first kappa shape index (κ1) is 19.6. The van der Waals surface area contributed by atoms with Crippen LogP contribution in [0.5, 0.6) is 5.75 Å². The van der Waals surface area contributed by atoms with Gasteiger partial charge in [-0.1, -0.05) is 36.4 Å². The lowest BCUT2D eigenvalue weighted by Crippen LogP contribution is -2.36. The quantitative estimate of drug-likeness (QED) is 0.459. The number of ether oxygens (including phenoxy) is 2. The van der Waals surface area contributed by atoms with Crippen LogP contribution < -0.4 is 10.1 Å². The molecule has 1 N–H and O–H groups in total. The van der Waals surface area contributed by atoms with E-state index >= 15 is 0 Å². The van der Waals surface area contributed by atoms with Crippen molar-refractivity contribution < 1.29 is 23.9 Å². The Morgan fingerprint density at radius 1 is 1.17 bits per heavy atom. The fraction of sp³-hybridized carbons (Fsp3) is 0.143.